The summed E-state index contributed by atoms with van der Waals surface area (Å²) in [7, 11) is 0. The highest BCUT2D eigenvalue weighted by molar-refractivity contribution is 5.95. The third-order valence-corrected chi connectivity index (χ3v) is 4.68. The first-order chi connectivity index (χ1) is 11.9. The first-order valence-electron chi connectivity index (χ1n) is 8.82. The normalized spacial score (nSPS) is 17.0. The lowest BCUT2D eigenvalue weighted by Gasteiger charge is -2.35. The Morgan fingerprint density at radius 3 is 2.80 bits per heavy atom. The highest BCUT2D eigenvalue weighted by Crippen LogP contribution is 2.28. The molecule has 0 fully saturated rings. The monoisotopic (exact) mass is 343 g/mol. The van der Waals surface area contributed by atoms with Crippen molar-refractivity contribution in [2.24, 2.45) is 5.92 Å². The van der Waals surface area contributed by atoms with Crippen LogP contribution < -0.4 is 5.56 Å². The van der Waals surface area contributed by atoms with E-state index in [2.05, 4.69) is 33.6 Å². The predicted molar refractivity (Wildman–Crippen MR) is 94.4 cm³/mol. The molecule has 1 aliphatic heterocycles. The molecule has 0 unspecified atom stereocenters. The highest BCUT2D eigenvalue weighted by Gasteiger charge is 2.32. The molecule has 25 heavy (non-hydrogen) atoms. The lowest BCUT2D eigenvalue weighted by molar-refractivity contribution is 0.0659. The van der Waals surface area contributed by atoms with Crippen LogP contribution >= 0.6 is 0 Å². The molecule has 1 atom stereocenters. The van der Waals surface area contributed by atoms with E-state index in [1.165, 1.54) is 6.07 Å². The lowest BCUT2D eigenvalue weighted by atomic mass is 10.0. The van der Waals surface area contributed by atoms with E-state index in [0.29, 0.717) is 36.7 Å². The van der Waals surface area contributed by atoms with Crippen molar-refractivity contribution in [3.8, 4) is 0 Å². The van der Waals surface area contributed by atoms with Gasteiger partial charge in [-0.25, -0.2) is 0 Å². The van der Waals surface area contributed by atoms with Crippen molar-refractivity contribution < 1.29 is 4.79 Å². The maximum Gasteiger partial charge on any atom is 0.256 e. The topological polar surface area (TPSA) is 83.9 Å². The van der Waals surface area contributed by atoms with Gasteiger partial charge in [0.15, 0.2) is 5.82 Å². The molecule has 134 valence electrons. The van der Waals surface area contributed by atoms with E-state index in [4.69, 9.17) is 0 Å². The molecule has 0 aliphatic carbocycles. The van der Waals surface area contributed by atoms with E-state index in [1.807, 2.05) is 18.7 Å². The zero-order valence-electron chi connectivity index (χ0n) is 15.2. The number of aryl methyl sites for hydroxylation is 2. The molecule has 0 spiro atoms. The molecule has 3 heterocycles. The number of nitrogens with zero attached hydrogens (tertiary/aromatic N) is 4. The molecule has 0 aromatic carbocycles. The van der Waals surface area contributed by atoms with Crippen LogP contribution in [0.2, 0.25) is 0 Å². The third-order valence-electron chi connectivity index (χ3n) is 4.68. The summed E-state index contributed by atoms with van der Waals surface area (Å²) in [5, 5.41) is 8.45. The molecule has 0 saturated carbocycles. The van der Waals surface area contributed by atoms with Crippen LogP contribution in [0.4, 0.5) is 0 Å². The van der Waals surface area contributed by atoms with Crippen LogP contribution in [0.5, 0.6) is 0 Å². The van der Waals surface area contributed by atoms with E-state index in [0.717, 1.165) is 18.1 Å². The predicted octanol–water partition coefficient (Wildman–Crippen LogP) is 2.08. The summed E-state index contributed by atoms with van der Waals surface area (Å²) in [6.07, 6.45) is 1.57. The minimum Gasteiger partial charge on any atom is -0.329 e. The minimum absolute atomic E-state index is 0.0613. The molecular weight excluding hydrogens is 318 g/mol. The zero-order valence-corrected chi connectivity index (χ0v) is 15.2. The second kappa shape index (κ2) is 6.82. The lowest BCUT2D eigenvalue weighted by Crippen LogP contribution is -2.42. The molecule has 0 radical (unpaired) electrons. The first kappa shape index (κ1) is 17.4. The first-order valence-corrected chi connectivity index (χ1v) is 8.82. The number of rotatable bonds is 4. The van der Waals surface area contributed by atoms with Crippen LogP contribution in [0.1, 0.15) is 60.9 Å². The average molecular weight is 343 g/mol. The van der Waals surface area contributed by atoms with Gasteiger partial charge in [-0.2, -0.15) is 0 Å². The van der Waals surface area contributed by atoms with Crippen molar-refractivity contribution in [1.29, 1.82) is 0 Å². The maximum atomic E-state index is 13.1. The summed E-state index contributed by atoms with van der Waals surface area (Å²) in [6.45, 7) is 9.31. The number of pyridine rings is 1. The fraction of sp³-hybridized carbons (Fsp3) is 0.556. The molecule has 2 aromatic heterocycles. The van der Waals surface area contributed by atoms with Crippen molar-refractivity contribution in [1.82, 2.24) is 24.6 Å². The number of fused-ring (bicyclic) bond motifs is 1. The molecule has 1 N–H and O–H groups in total. The van der Waals surface area contributed by atoms with Crippen LogP contribution in [-0.2, 0) is 13.0 Å². The number of amides is 1. The van der Waals surface area contributed by atoms with Crippen molar-refractivity contribution in [2.45, 2.75) is 53.1 Å². The Hall–Kier alpha value is -2.44. The molecular formula is C18H25N5O2. The third kappa shape index (κ3) is 3.36. The van der Waals surface area contributed by atoms with Gasteiger partial charge in [-0.1, -0.05) is 20.8 Å². The van der Waals surface area contributed by atoms with Crippen molar-refractivity contribution in [3.05, 3.63) is 45.4 Å². The second-order valence-electron chi connectivity index (χ2n) is 7.07. The van der Waals surface area contributed by atoms with E-state index in [1.54, 1.807) is 6.07 Å². The number of hydrogen-bond acceptors (Lipinski definition) is 4. The molecule has 0 saturated heterocycles. The summed E-state index contributed by atoms with van der Waals surface area (Å²) in [5.41, 5.74) is 1.07. The van der Waals surface area contributed by atoms with Gasteiger partial charge < -0.3 is 14.5 Å². The number of nitrogens with one attached hydrogen (secondary N) is 1. The fourth-order valence-corrected chi connectivity index (χ4v) is 3.61. The standard InChI is InChI=1S/C18H25N5O2/c1-5-15-14(6-7-17(24)19-15)18(25)22-9-13(8-11(2)3)23-12(4)20-21-16(23)10-22/h6-7,11,13H,5,8-10H2,1-4H3,(H,19,24)/t13-/m0/s1. The largest absolute Gasteiger partial charge is 0.329 e. The van der Waals surface area contributed by atoms with Crippen molar-refractivity contribution in [3.63, 3.8) is 0 Å². The van der Waals surface area contributed by atoms with Gasteiger partial charge in [-0.3, -0.25) is 9.59 Å². The molecule has 7 nitrogen and oxygen atoms in total. The summed E-state index contributed by atoms with van der Waals surface area (Å²) in [4.78, 5) is 29.2. The SMILES string of the molecule is CCc1[nH]c(=O)ccc1C(=O)N1Cc2nnc(C)n2[C@@H](CC(C)C)C1. The Kier molecular flexibility index (Phi) is 4.74. The zero-order chi connectivity index (χ0) is 18.1. The van der Waals surface area contributed by atoms with Gasteiger partial charge in [0, 0.05) is 18.3 Å². The average Bonchev–Trinajstić information content (AvgIpc) is 2.95. The van der Waals surface area contributed by atoms with Crippen LogP contribution in [0, 0.1) is 12.8 Å². The van der Waals surface area contributed by atoms with Gasteiger partial charge in [0.05, 0.1) is 18.2 Å². The Morgan fingerprint density at radius 2 is 2.12 bits per heavy atom. The van der Waals surface area contributed by atoms with Gasteiger partial charge in [-0.15, -0.1) is 10.2 Å². The van der Waals surface area contributed by atoms with Gasteiger partial charge in [-0.05, 0) is 31.7 Å². The Labute approximate surface area is 147 Å². The summed E-state index contributed by atoms with van der Waals surface area (Å²) < 4.78 is 2.16. The summed E-state index contributed by atoms with van der Waals surface area (Å²) in [5.74, 6) is 2.17. The Morgan fingerprint density at radius 1 is 1.36 bits per heavy atom. The van der Waals surface area contributed by atoms with Crippen LogP contribution in [-0.4, -0.2) is 37.1 Å². The second-order valence-corrected chi connectivity index (χ2v) is 7.07. The quantitative estimate of drug-likeness (QED) is 0.921. The smallest absolute Gasteiger partial charge is 0.256 e. The van der Waals surface area contributed by atoms with Crippen molar-refractivity contribution in [2.75, 3.05) is 6.54 Å². The number of hydrogen-bond donors (Lipinski definition) is 1. The van der Waals surface area contributed by atoms with Gasteiger partial charge >= 0.3 is 0 Å². The van der Waals surface area contributed by atoms with Crippen LogP contribution in [0.3, 0.4) is 0 Å². The fourth-order valence-electron chi connectivity index (χ4n) is 3.61. The molecule has 3 rings (SSSR count). The molecule has 0 bridgehead atoms. The molecule has 1 amide bonds. The van der Waals surface area contributed by atoms with E-state index < -0.39 is 0 Å². The minimum atomic E-state index is -0.180. The number of aromatic nitrogens is 4. The number of carbonyl (C=O) groups excluding carboxylic acids is 1. The van der Waals surface area contributed by atoms with Gasteiger partial charge in [0.1, 0.15) is 5.82 Å². The maximum absolute atomic E-state index is 13.1. The number of carbonyl (C=O) groups is 1. The Balaban J connectivity index is 1.93. The molecule has 2 aromatic rings. The Bertz CT molecular complexity index is 836. The number of H-pyrrole nitrogens is 1. The van der Waals surface area contributed by atoms with Gasteiger partial charge in [0.2, 0.25) is 5.56 Å². The van der Waals surface area contributed by atoms with Gasteiger partial charge in [0.25, 0.3) is 5.91 Å². The summed E-state index contributed by atoms with van der Waals surface area (Å²) >= 11 is 0. The molecule has 7 heteroatoms. The summed E-state index contributed by atoms with van der Waals surface area (Å²) in [6, 6.07) is 3.21. The van der Waals surface area contributed by atoms with Crippen LogP contribution in [0.15, 0.2) is 16.9 Å². The molecule has 1 aliphatic rings. The number of aromatic amines is 1. The highest BCUT2D eigenvalue weighted by atomic mass is 16.2. The van der Waals surface area contributed by atoms with Crippen molar-refractivity contribution >= 4 is 5.91 Å². The van der Waals surface area contributed by atoms with E-state index >= 15 is 0 Å². The van der Waals surface area contributed by atoms with Crippen LogP contribution in [0.25, 0.3) is 0 Å². The van der Waals surface area contributed by atoms with E-state index in [9.17, 15) is 9.59 Å². The van der Waals surface area contributed by atoms with E-state index in [-0.39, 0.29) is 17.5 Å².